The van der Waals surface area contributed by atoms with E-state index in [1.807, 2.05) is 0 Å². The lowest BCUT2D eigenvalue weighted by Gasteiger charge is -2.29. The van der Waals surface area contributed by atoms with Crippen LogP contribution in [-0.2, 0) is 58.7 Å². The Morgan fingerprint density at radius 1 is 0.708 bits per heavy atom. The van der Waals surface area contributed by atoms with Gasteiger partial charge in [-0.3, -0.25) is 42.9 Å². The number of aromatic nitrogens is 1. The number of aliphatic hydroxyl groups is 1. The smallest absolute Gasteiger partial charge is 0.469 e. The van der Waals surface area contributed by atoms with Crippen molar-refractivity contribution < 1.29 is 82.5 Å². The van der Waals surface area contributed by atoms with Gasteiger partial charge in [0.2, 0.25) is 35.4 Å². The van der Waals surface area contributed by atoms with E-state index < -0.39 is 141 Å². The molecule has 6 amide bonds. The number of H-pyrrole nitrogens is 1. The minimum absolute atomic E-state index is 0.0518. The predicted octanol–water partition coefficient (Wildman–Crippen LogP) is -2.34. The first kappa shape index (κ1) is 55.5. The Morgan fingerprint density at radius 2 is 1.23 bits per heavy atom. The molecule has 1 heterocycles. The second-order valence-electron chi connectivity index (χ2n) is 15.1. The number of rotatable bonds is 29. The average molecular weight is 961 g/mol. The highest BCUT2D eigenvalue weighted by atomic mass is 32.2. The number of hydrogen-bond donors (Lipinski definition) is 14. The Balaban J connectivity index is 2.50. The Bertz CT molecular complexity index is 2060. The van der Waals surface area contributed by atoms with Crippen LogP contribution >= 0.6 is 19.6 Å². The van der Waals surface area contributed by atoms with E-state index in [1.165, 1.54) is 31.8 Å². The molecule has 0 fully saturated rings. The summed E-state index contributed by atoms with van der Waals surface area (Å²) in [5, 5.41) is 52.8. The number of phosphoric acid groups is 1. The Hall–Kier alpha value is -5.63. The zero-order valence-electron chi connectivity index (χ0n) is 35.8. The molecule has 0 spiro atoms. The van der Waals surface area contributed by atoms with Crippen LogP contribution in [0.15, 0.2) is 30.5 Å². The van der Waals surface area contributed by atoms with Gasteiger partial charge in [-0.25, -0.2) is 9.36 Å². The second-order valence-corrected chi connectivity index (χ2v) is 17.4. The summed E-state index contributed by atoms with van der Waals surface area (Å²) in [6.07, 6.45) is -0.903. The minimum atomic E-state index is -5.38. The van der Waals surface area contributed by atoms with Crippen LogP contribution in [0, 0.1) is 5.92 Å². The SMILES string of the molecule is CSCC[C@H](NC(=O)[C@@H](NC(=O)[C@@H](NC(=O)[C@H](COP(=O)(O)O)NC(=O)[C@H](Cc1c[nH]c2ccccc12)NC(=O)[C@H](CCC(=O)O)NC(=O)[C@@H](N)CCC(=O)O)[C@@H](C)O)C(C)C)C(=O)O. The van der Waals surface area contributed by atoms with Gasteiger partial charge in [-0.05, 0) is 55.7 Å². The molecule has 1 aromatic carbocycles. The van der Waals surface area contributed by atoms with Crippen LogP contribution in [0.4, 0.5) is 0 Å². The van der Waals surface area contributed by atoms with E-state index in [1.54, 1.807) is 30.5 Å². The fraction of sp³-hybridized carbons (Fsp3) is 0.553. The number of aliphatic hydroxyl groups excluding tert-OH is 1. The number of carboxylic acid groups (broad SMARTS) is 3. The largest absolute Gasteiger partial charge is 0.481 e. The van der Waals surface area contributed by atoms with Crippen molar-refractivity contribution in [3.05, 3.63) is 36.0 Å². The number of carboxylic acids is 3. The Labute approximate surface area is 376 Å². The van der Waals surface area contributed by atoms with Gasteiger partial charge in [-0.2, -0.15) is 11.8 Å². The van der Waals surface area contributed by atoms with Gasteiger partial charge in [0.25, 0.3) is 0 Å². The molecule has 0 bridgehead atoms. The standard InChI is InChI=1S/C38H57N8O17PS/c1-18(2)30(36(56)42-25(38(58)59)13-14-65-4)45-37(57)31(19(3)47)46-35(55)27(17-63-64(60,61)62)44-34(54)26(15-20-16-40-23-8-6-5-7-21(20)23)43-33(53)24(10-12-29(50)51)41-32(52)22(39)9-11-28(48)49/h5-8,16,18-19,22,24-27,30-31,40,47H,9-15,17,39H2,1-4H3,(H,41,52)(H,42,56)(H,43,53)(H,44,54)(H,45,57)(H,46,55)(H,48,49)(H,50,51)(H,58,59)(H2,60,61,62)/t19-,22+,24+,25+,26+,27+,30+,31+/m1/s1. The van der Waals surface area contributed by atoms with Gasteiger partial charge >= 0.3 is 25.7 Å². The van der Waals surface area contributed by atoms with Gasteiger partial charge in [-0.15, -0.1) is 0 Å². The third kappa shape index (κ3) is 19.2. The first-order valence-electron chi connectivity index (χ1n) is 20.0. The number of carbonyl (C=O) groups excluding carboxylic acids is 6. The molecule has 2 rings (SSSR count). The topological polar surface area (TPSA) is 415 Å². The number of benzene rings is 1. The van der Waals surface area contributed by atoms with Crippen LogP contribution < -0.4 is 37.6 Å². The van der Waals surface area contributed by atoms with Gasteiger partial charge in [0.1, 0.15) is 36.3 Å². The maximum atomic E-state index is 14.2. The minimum Gasteiger partial charge on any atom is -0.481 e. The van der Waals surface area contributed by atoms with E-state index in [0.29, 0.717) is 22.2 Å². The molecule has 2 aromatic rings. The molecule has 0 saturated carbocycles. The number of nitrogens with two attached hydrogens (primary N) is 1. The molecule has 25 nitrogen and oxygen atoms in total. The maximum Gasteiger partial charge on any atom is 0.469 e. The number of aliphatic carboxylic acids is 3. The van der Waals surface area contributed by atoms with Gasteiger partial charge < -0.3 is 72.8 Å². The molecule has 0 aliphatic carbocycles. The summed E-state index contributed by atoms with van der Waals surface area (Å²) in [6.45, 7) is 2.85. The van der Waals surface area contributed by atoms with E-state index in [4.69, 9.17) is 10.8 Å². The monoisotopic (exact) mass is 960 g/mol. The second kappa shape index (κ2) is 26.4. The maximum absolute atomic E-state index is 14.2. The van der Waals surface area contributed by atoms with Gasteiger partial charge in [-0.1, -0.05) is 32.0 Å². The molecule has 0 aliphatic heterocycles. The van der Waals surface area contributed by atoms with Gasteiger partial charge in [0.15, 0.2) is 0 Å². The molecule has 0 radical (unpaired) electrons. The van der Waals surface area contributed by atoms with E-state index in [2.05, 4.69) is 41.4 Å². The summed E-state index contributed by atoms with van der Waals surface area (Å²) in [4.78, 5) is 138. The Morgan fingerprint density at radius 3 is 1.80 bits per heavy atom. The van der Waals surface area contributed by atoms with Crippen LogP contribution in [0.1, 0.15) is 58.4 Å². The van der Waals surface area contributed by atoms with E-state index >= 15 is 0 Å². The number of phosphoric ester groups is 1. The van der Waals surface area contributed by atoms with Crippen molar-refractivity contribution in [2.24, 2.45) is 11.7 Å². The zero-order chi connectivity index (χ0) is 49.2. The highest BCUT2D eigenvalue weighted by molar-refractivity contribution is 7.98. The van der Waals surface area contributed by atoms with Crippen molar-refractivity contribution in [1.82, 2.24) is 36.9 Å². The van der Waals surface area contributed by atoms with Crippen LogP contribution in [-0.4, -0.2) is 156 Å². The quantitative estimate of drug-likeness (QED) is 0.0380. The first-order chi connectivity index (χ1) is 30.3. The lowest BCUT2D eigenvalue weighted by molar-refractivity contribution is -0.143. The highest BCUT2D eigenvalue weighted by Gasteiger charge is 2.37. The molecule has 0 aliphatic rings. The number of carbonyl (C=O) groups is 9. The number of amides is 6. The van der Waals surface area contributed by atoms with Crippen molar-refractivity contribution in [2.75, 3.05) is 18.6 Å². The summed E-state index contributed by atoms with van der Waals surface area (Å²) in [5.74, 6) is -11.1. The molecule has 8 atom stereocenters. The number of hydrogen-bond acceptors (Lipinski definition) is 14. The number of fused-ring (bicyclic) bond motifs is 1. The molecule has 362 valence electrons. The first-order valence-corrected chi connectivity index (χ1v) is 22.9. The zero-order valence-corrected chi connectivity index (χ0v) is 37.6. The number of thioether (sulfide) groups is 1. The summed E-state index contributed by atoms with van der Waals surface area (Å²) in [7, 11) is -5.38. The molecular formula is C38H57N8O17PS. The summed E-state index contributed by atoms with van der Waals surface area (Å²) < 4.78 is 16.3. The number of para-hydroxylation sites is 1. The van der Waals surface area contributed by atoms with Crippen LogP contribution in [0.3, 0.4) is 0 Å². The number of nitrogens with one attached hydrogen (secondary N) is 7. The van der Waals surface area contributed by atoms with Crippen molar-refractivity contribution in [2.45, 2.75) is 108 Å². The molecule has 0 saturated heterocycles. The third-order valence-electron chi connectivity index (χ3n) is 9.59. The van der Waals surface area contributed by atoms with Crippen molar-refractivity contribution in [3.8, 4) is 0 Å². The van der Waals surface area contributed by atoms with Crippen LogP contribution in [0.25, 0.3) is 10.9 Å². The lowest BCUT2D eigenvalue weighted by atomic mass is 10.0. The fourth-order valence-corrected chi connectivity index (χ4v) is 6.86. The summed E-state index contributed by atoms with van der Waals surface area (Å²) in [6, 6.07) is -4.82. The molecule has 65 heavy (non-hydrogen) atoms. The van der Waals surface area contributed by atoms with Crippen LogP contribution in [0.5, 0.6) is 0 Å². The van der Waals surface area contributed by atoms with Crippen molar-refractivity contribution in [1.29, 1.82) is 0 Å². The third-order valence-corrected chi connectivity index (χ3v) is 10.7. The van der Waals surface area contributed by atoms with Crippen molar-refractivity contribution in [3.63, 3.8) is 0 Å². The van der Waals surface area contributed by atoms with E-state index in [9.17, 15) is 72.8 Å². The lowest BCUT2D eigenvalue weighted by Crippen LogP contribution is -2.62. The molecule has 27 heteroatoms. The Kier molecular flexibility index (Phi) is 22.5. The normalized spacial score (nSPS) is 15.2. The number of aromatic amines is 1. The molecule has 15 N–H and O–H groups in total. The van der Waals surface area contributed by atoms with Crippen molar-refractivity contribution >= 4 is 83.8 Å². The highest BCUT2D eigenvalue weighted by Crippen LogP contribution is 2.35. The average Bonchev–Trinajstić information content (AvgIpc) is 3.63. The summed E-state index contributed by atoms with van der Waals surface area (Å²) in [5.41, 5.74) is 6.80. The van der Waals surface area contributed by atoms with Crippen LogP contribution in [0.2, 0.25) is 0 Å². The van der Waals surface area contributed by atoms with E-state index in [-0.39, 0.29) is 19.3 Å². The van der Waals surface area contributed by atoms with E-state index in [0.717, 1.165) is 6.92 Å². The van der Waals surface area contributed by atoms with Gasteiger partial charge in [0, 0.05) is 36.4 Å². The summed E-state index contributed by atoms with van der Waals surface area (Å²) >= 11 is 1.34. The molecule has 1 aromatic heterocycles. The predicted molar refractivity (Wildman–Crippen MR) is 230 cm³/mol. The molecule has 0 unspecified atom stereocenters. The van der Waals surface area contributed by atoms with Gasteiger partial charge in [0.05, 0.1) is 18.8 Å². The molecular weight excluding hydrogens is 903 g/mol. The fourth-order valence-electron chi connectivity index (χ4n) is 6.05.